The van der Waals surface area contributed by atoms with Gasteiger partial charge >= 0.3 is 6.03 Å². The van der Waals surface area contributed by atoms with E-state index in [2.05, 4.69) is 5.32 Å². The van der Waals surface area contributed by atoms with Gasteiger partial charge in [0.25, 0.3) is 0 Å². The molecule has 8 heteroatoms. The van der Waals surface area contributed by atoms with Crippen LogP contribution in [0.5, 0.6) is 17.2 Å². The molecule has 1 saturated heterocycles. The van der Waals surface area contributed by atoms with Crippen LogP contribution >= 0.6 is 0 Å². The third-order valence-electron chi connectivity index (χ3n) is 5.10. The molecule has 0 aliphatic carbocycles. The van der Waals surface area contributed by atoms with Gasteiger partial charge in [-0.05, 0) is 55.2 Å². The number of methoxy groups -OCH3 is 2. The summed E-state index contributed by atoms with van der Waals surface area (Å²) in [7, 11) is 3.09. The number of barbiturate groups is 1. The molecule has 1 fully saturated rings. The van der Waals surface area contributed by atoms with E-state index in [0.29, 0.717) is 24.5 Å². The van der Waals surface area contributed by atoms with Crippen molar-refractivity contribution < 1.29 is 28.6 Å². The Kier molecular flexibility index (Phi) is 7.12. The maximum Gasteiger partial charge on any atom is 0.330 e. The van der Waals surface area contributed by atoms with Gasteiger partial charge in [-0.1, -0.05) is 18.2 Å². The van der Waals surface area contributed by atoms with Crippen molar-refractivity contribution in [2.24, 2.45) is 5.92 Å². The maximum atomic E-state index is 12.9. The second kappa shape index (κ2) is 9.97. The lowest BCUT2D eigenvalue weighted by atomic mass is 9.95. The lowest BCUT2D eigenvalue weighted by molar-refractivity contribution is -0.142. The van der Waals surface area contributed by atoms with E-state index in [-0.39, 0.29) is 13.0 Å². The van der Waals surface area contributed by atoms with E-state index in [1.54, 1.807) is 38.5 Å². The van der Waals surface area contributed by atoms with Gasteiger partial charge in [-0.15, -0.1) is 0 Å². The summed E-state index contributed by atoms with van der Waals surface area (Å²) in [6.07, 6.45) is 0.626. The van der Waals surface area contributed by atoms with Gasteiger partial charge in [0.2, 0.25) is 11.8 Å². The fourth-order valence-corrected chi connectivity index (χ4v) is 3.45. The van der Waals surface area contributed by atoms with Gasteiger partial charge in [0, 0.05) is 6.54 Å². The van der Waals surface area contributed by atoms with E-state index in [0.717, 1.165) is 21.8 Å². The first-order chi connectivity index (χ1) is 15.0. The van der Waals surface area contributed by atoms with Crippen LogP contribution < -0.4 is 19.5 Å². The number of benzene rings is 2. The van der Waals surface area contributed by atoms with Crippen LogP contribution in [0.4, 0.5) is 4.79 Å². The molecule has 2 aromatic carbocycles. The van der Waals surface area contributed by atoms with E-state index < -0.39 is 23.8 Å². The van der Waals surface area contributed by atoms with Crippen molar-refractivity contribution >= 4 is 17.8 Å². The zero-order chi connectivity index (χ0) is 22.4. The first-order valence-corrected chi connectivity index (χ1v) is 10.1. The van der Waals surface area contributed by atoms with E-state index in [1.165, 1.54) is 0 Å². The molecule has 0 spiro atoms. The smallest absolute Gasteiger partial charge is 0.330 e. The molecule has 1 N–H and O–H groups in total. The van der Waals surface area contributed by atoms with Crippen LogP contribution in [0.15, 0.2) is 42.5 Å². The monoisotopic (exact) mass is 426 g/mol. The van der Waals surface area contributed by atoms with Gasteiger partial charge in [-0.3, -0.25) is 19.8 Å². The SMILES string of the molecule is CCOc1ccc(C[C@H]2C(=O)NC(=O)N(CCc3ccc(OC)c(OC)c3)C2=O)cc1. The van der Waals surface area contributed by atoms with Crippen LogP contribution in [0.2, 0.25) is 0 Å². The molecule has 0 radical (unpaired) electrons. The number of urea groups is 1. The minimum Gasteiger partial charge on any atom is -0.494 e. The number of amides is 4. The third-order valence-corrected chi connectivity index (χ3v) is 5.10. The molecule has 1 aliphatic rings. The average Bonchev–Trinajstić information content (AvgIpc) is 2.77. The Morgan fingerprint density at radius 1 is 0.935 bits per heavy atom. The minimum absolute atomic E-state index is 0.146. The van der Waals surface area contributed by atoms with Crippen LogP contribution in [-0.2, 0) is 22.4 Å². The van der Waals surface area contributed by atoms with Crippen molar-refractivity contribution in [3.8, 4) is 17.2 Å². The highest BCUT2D eigenvalue weighted by Gasteiger charge is 2.40. The predicted molar refractivity (Wildman–Crippen MR) is 113 cm³/mol. The van der Waals surface area contributed by atoms with Gasteiger partial charge in [-0.2, -0.15) is 0 Å². The summed E-state index contributed by atoms with van der Waals surface area (Å²) in [5.41, 5.74) is 1.68. The van der Waals surface area contributed by atoms with E-state index in [9.17, 15) is 14.4 Å². The molecule has 8 nitrogen and oxygen atoms in total. The first-order valence-electron chi connectivity index (χ1n) is 10.1. The van der Waals surface area contributed by atoms with Crippen LogP contribution in [0, 0.1) is 5.92 Å². The molecular formula is C23H26N2O6. The number of carbonyl (C=O) groups excluding carboxylic acids is 3. The molecule has 0 bridgehead atoms. The summed E-state index contributed by atoms with van der Waals surface area (Å²) in [4.78, 5) is 38.6. The Bertz CT molecular complexity index is 957. The summed E-state index contributed by atoms with van der Waals surface area (Å²) in [5, 5.41) is 2.30. The number of nitrogens with zero attached hydrogens (tertiary/aromatic N) is 1. The van der Waals surface area contributed by atoms with E-state index >= 15 is 0 Å². The standard InChI is InChI=1S/C23H26N2O6/c1-4-31-17-8-5-15(6-9-17)13-18-21(26)24-23(28)25(22(18)27)12-11-16-7-10-19(29-2)20(14-16)30-3/h5-10,14,18H,4,11-13H2,1-3H3,(H,24,26,28)/t18-/m0/s1. The summed E-state index contributed by atoms with van der Waals surface area (Å²) < 4.78 is 15.9. The highest BCUT2D eigenvalue weighted by Crippen LogP contribution is 2.28. The molecular weight excluding hydrogens is 400 g/mol. The van der Waals surface area contributed by atoms with Crippen molar-refractivity contribution in [3.63, 3.8) is 0 Å². The lowest BCUT2D eigenvalue weighted by Gasteiger charge is -2.30. The largest absolute Gasteiger partial charge is 0.494 e. The molecule has 1 aliphatic heterocycles. The Balaban J connectivity index is 1.69. The fourth-order valence-electron chi connectivity index (χ4n) is 3.45. The van der Waals surface area contributed by atoms with Gasteiger partial charge in [0.15, 0.2) is 11.5 Å². The average molecular weight is 426 g/mol. The Hall–Kier alpha value is -3.55. The lowest BCUT2D eigenvalue weighted by Crippen LogP contribution is -2.58. The molecule has 0 unspecified atom stereocenters. The second-order valence-electron chi connectivity index (χ2n) is 7.06. The molecule has 3 rings (SSSR count). The highest BCUT2D eigenvalue weighted by atomic mass is 16.5. The van der Waals surface area contributed by atoms with Crippen LogP contribution in [-0.4, -0.2) is 50.1 Å². The summed E-state index contributed by atoms with van der Waals surface area (Å²) >= 11 is 0. The van der Waals surface area contributed by atoms with Crippen LogP contribution in [0.25, 0.3) is 0 Å². The summed E-state index contributed by atoms with van der Waals surface area (Å²) in [6, 6.07) is 11.9. The first kappa shape index (κ1) is 22.1. The molecule has 4 amide bonds. The van der Waals surface area contributed by atoms with Gasteiger partial charge < -0.3 is 14.2 Å². The van der Waals surface area contributed by atoms with Crippen molar-refractivity contribution in [1.29, 1.82) is 0 Å². The molecule has 31 heavy (non-hydrogen) atoms. The molecule has 1 atom stereocenters. The maximum absolute atomic E-state index is 12.9. The fraction of sp³-hybridized carbons (Fsp3) is 0.348. The number of rotatable bonds is 9. The number of nitrogens with one attached hydrogen (secondary N) is 1. The van der Waals surface area contributed by atoms with Gasteiger partial charge in [0.05, 0.1) is 20.8 Å². The zero-order valence-electron chi connectivity index (χ0n) is 17.8. The molecule has 1 heterocycles. The molecule has 164 valence electrons. The van der Waals surface area contributed by atoms with E-state index in [4.69, 9.17) is 14.2 Å². The number of imide groups is 2. The predicted octanol–water partition coefficient (Wildman–Crippen LogP) is 2.58. The third kappa shape index (κ3) is 5.14. The number of ether oxygens (including phenoxy) is 3. The van der Waals surface area contributed by atoms with Crippen molar-refractivity contribution in [3.05, 3.63) is 53.6 Å². The van der Waals surface area contributed by atoms with Gasteiger partial charge in [0.1, 0.15) is 11.7 Å². The van der Waals surface area contributed by atoms with Crippen LogP contribution in [0.1, 0.15) is 18.1 Å². The molecule has 0 aromatic heterocycles. The second-order valence-corrected chi connectivity index (χ2v) is 7.06. The molecule has 0 saturated carbocycles. The Labute approximate surface area is 181 Å². The van der Waals surface area contributed by atoms with E-state index in [1.807, 2.05) is 25.1 Å². The zero-order valence-corrected chi connectivity index (χ0v) is 17.8. The van der Waals surface area contributed by atoms with Gasteiger partial charge in [-0.25, -0.2) is 4.79 Å². The number of hydrogen-bond acceptors (Lipinski definition) is 6. The highest BCUT2D eigenvalue weighted by molar-refractivity contribution is 6.16. The summed E-state index contributed by atoms with van der Waals surface area (Å²) in [5.74, 6) is -0.148. The van der Waals surface area contributed by atoms with Crippen molar-refractivity contribution in [2.75, 3.05) is 27.4 Å². The number of carbonyl (C=O) groups is 3. The summed E-state index contributed by atoms with van der Waals surface area (Å²) in [6.45, 7) is 2.60. The topological polar surface area (TPSA) is 94.2 Å². The van der Waals surface area contributed by atoms with Crippen LogP contribution in [0.3, 0.4) is 0 Å². The van der Waals surface area contributed by atoms with Crippen molar-refractivity contribution in [1.82, 2.24) is 10.2 Å². The van der Waals surface area contributed by atoms with Crippen molar-refractivity contribution in [2.45, 2.75) is 19.8 Å². The quantitative estimate of drug-likeness (QED) is 0.620. The normalized spacial score (nSPS) is 16.2. The Morgan fingerprint density at radius 3 is 2.26 bits per heavy atom. The Morgan fingerprint density at radius 2 is 1.61 bits per heavy atom. The molecule has 2 aromatic rings. The minimum atomic E-state index is -0.957. The number of hydrogen-bond donors (Lipinski definition) is 1.